The first-order chi connectivity index (χ1) is 4.81. The molecule has 0 saturated heterocycles. The second kappa shape index (κ2) is 2.11. The minimum Gasteiger partial charge on any atom is -0.0999 e. The molecular weight excluding hydrogens is 120 g/mol. The lowest BCUT2D eigenvalue weighted by Crippen LogP contribution is -2.15. The fraction of sp³-hybridized carbons (Fsp3) is 0.800. The normalized spacial score (nSPS) is 41.9. The average molecular weight is 136 g/mol. The van der Waals surface area contributed by atoms with Gasteiger partial charge in [-0.15, -0.1) is 0 Å². The Kier molecular flexibility index (Phi) is 1.36. The lowest BCUT2D eigenvalue weighted by molar-refractivity contribution is 0.285. The van der Waals surface area contributed by atoms with Crippen LogP contribution in [0, 0.1) is 17.8 Å². The molecule has 0 aliphatic heterocycles. The van der Waals surface area contributed by atoms with Crippen LogP contribution in [0.3, 0.4) is 0 Å². The van der Waals surface area contributed by atoms with Crippen LogP contribution in [0.25, 0.3) is 0 Å². The fourth-order valence-electron chi connectivity index (χ4n) is 2.24. The van der Waals surface area contributed by atoms with Crippen molar-refractivity contribution in [2.45, 2.75) is 32.6 Å². The second-order valence-corrected chi connectivity index (χ2v) is 3.96. The van der Waals surface area contributed by atoms with E-state index in [9.17, 15) is 0 Å². The summed E-state index contributed by atoms with van der Waals surface area (Å²) in [4.78, 5) is 0. The van der Waals surface area contributed by atoms with Gasteiger partial charge in [-0.05, 0) is 43.4 Å². The molecule has 2 rings (SSSR count). The highest BCUT2D eigenvalue weighted by Gasteiger charge is 2.52. The maximum Gasteiger partial charge on any atom is -0.0292 e. The van der Waals surface area contributed by atoms with Crippen LogP contribution in [0.5, 0.6) is 0 Å². The van der Waals surface area contributed by atoms with Crippen molar-refractivity contribution < 1.29 is 0 Å². The minimum absolute atomic E-state index is 1.05. The first-order valence-electron chi connectivity index (χ1n) is 4.48. The molecule has 0 bridgehead atoms. The van der Waals surface area contributed by atoms with Crippen molar-refractivity contribution in [3.05, 3.63) is 12.2 Å². The Morgan fingerprint density at radius 3 is 2.70 bits per heavy atom. The van der Waals surface area contributed by atoms with Crippen molar-refractivity contribution in [2.75, 3.05) is 0 Å². The summed E-state index contributed by atoms with van der Waals surface area (Å²) >= 11 is 0. The van der Waals surface area contributed by atoms with Crippen molar-refractivity contribution in [3.63, 3.8) is 0 Å². The van der Waals surface area contributed by atoms with Crippen LogP contribution in [0.2, 0.25) is 0 Å². The van der Waals surface area contributed by atoms with Gasteiger partial charge in [0.05, 0.1) is 0 Å². The first-order valence-corrected chi connectivity index (χ1v) is 4.48. The molecule has 0 aromatic rings. The summed E-state index contributed by atoms with van der Waals surface area (Å²) < 4.78 is 0. The number of hydrogen-bond acceptors (Lipinski definition) is 0. The summed E-state index contributed by atoms with van der Waals surface area (Å²) in [6.45, 7) is 6.26. The molecule has 0 spiro atoms. The molecule has 2 aliphatic rings. The molecule has 56 valence electrons. The molecular formula is C10H16. The van der Waals surface area contributed by atoms with Gasteiger partial charge in [-0.2, -0.15) is 0 Å². The topological polar surface area (TPSA) is 0 Å². The summed E-state index contributed by atoms with van der Waals surface area (Å²) in [6, 6.07) is 0. The highest BCUT2D eigenvalue weighted by atomic mass is 14.6. The number of rotatable bonds is 3. The molecule has 0 N–H and O–H groups in total. The van der Waals surface area contributed by atoms with E-state index in [4.69, 9.17) is 0 Å². The lowest BCUT2D eigenvalue weighted by Gasteiger charge is -2.25. The molecule has 0 heterocycles. The van der Waals surface area contributed by atoms with E-state index in [-0.39, 0.29) is 0 Å². The van der Waals surface area contributed by atoms with Crippen molar-refractivity contribution in [1.82, 2.24) is 0 Å². The molecule has 0 heteroatoms. The largest absolute Gasteiger partial charge is 0.0999 e. The zero-order valence-corrected chi connectivity index (χ0v) is 6.77. The van der Waals surface area contributed by atoms with Gasteiger partial charge in [0.15, 0.2) is 0 Å². The lowest BCUT2D eigenvalue weighted by atomic mass is 9.80. The number of fused-ring (bicyclic) bond motifs is 1. The highest BCUT2D eigenvalue weighted by molar-refractivity contribution is 5.07. The molecule has 0 nitrogen and oxygen atoms in total. The van der Waals surface area contributed by atoms with Crippen molar-refractivity contribution in [3.8, 4) is 0 Å². The standard InChI is InChI=1S/C10H16/c1-3-7(2)4-8-5-9-6-10(8)9/h8-10H,2-6H2,1H3. The predicted octanol–water partition coefficient (Wildman–Crippen LogP) is 3.00. The maximum absolute atomic E-state index is 4.05. The van der Waals surface area contributed by atoms with Crippen LogP contribution in [-0.2, 0) is 0 Å². The Labute approximate surface area is 63.3 Å². The third kappa shape index (κ3) is 0.902. The molecule has 2 aliphatic carbocycles. The van der Waals surface area contributed by atoms with Gasteiger partial charge in [0, 0.05) is 0 Å². The summed E-state index contributed by atoms with van der Waals surface area (Å²) in [7, 11) is 0. The molecule has 10 heavy (non-hydrogen) atoms. The van der Waals surface area contributed by atoms with Crippen LogP contribution in [0.15, 0.2) is 12.2 Å². The zero-order chi connectivity index (χ0) is 7.14. The average Bonchev–Trinajstić information content (AvgIpc) is 2.56. The minimum atomic E-state index is 1.05. The fourth-order valence-corrected chi connectivity index (χ4v) is 2.24. The summed E-state index contributed by atoms with van der Waals surface area (Å²) in [5.41, 5.74) is 1.47. The van der Waals surface area contributed by atoms with Gasteiger partial charge in [0.25, 0.3) is 0 Å². The van der Waals surface area contributed by atoms with Crippen molar-refractivity contribution in [1.29, 1.82) is 0 Å². The van der Waals surface area contributed by atoms with Crippen molar-refractivity contribution >= 4 is 0 Å². The number of allylic oxidation sites excluding steroid dienone is 1. The Balaban J connectivity index is 1.75. The van der Waals surface area contributed by atoms with Crippen LogP contribution in [-0.4, -0.2) is 0 Å². The van der Waals surface area contributed by atoms with Gasteiger partial charge in [-0.1, -0.05) is 19.1 Å². The van der Waals surface area contributed by atoms with Gasteiger partial charge in [0.2, 0.25) is 0 Å². The van der Waals surface area contributed by atoms with E-state index in [0.29, 0.717) is 0 Å². The van der Waals surface area contributed by atoms with E-state index in [2.05, 4.69) is 13.5 Å². The Morgan fingerprint density at radius 2 is 2.30 bits per heavy atom. The van der Waals surface area contributed by atoms with E-state index in [1.54, 1.807) is 6.42 Å². The third-order valence-electron chi connectivity index (χ3n) is 3.24. The quantitative estimate of drug-likeness (QED) is 0.523. The molecule has 0 amide bonds. The Bertz CT molecular complexity index is 157. The van der Waals surface area contributed by atoms with Gasteiger partial charge >= 0.3 is 0 Å². The summed E-state index contributed by atoms with van der Waals surface area (Å²) in [6.07, 6.45) is 5.58. The summed E-state index contributed by atoms with van der Waals surface area (Å²) in [5.74, 6) is 3.36. The van der Waals surface area contributed by atoms with Crippen LogP contribution in [0.4, 0.5) is 0 Å². The first kappa shape index (κ1) is 6.45. The molecule has 3 unspecified atom stereocenters. The van der Waals surface area contributed by atoms with Crippen LogP contribution < -0.4 is 0 Å². The zero-order valence-electron chi connectivity index (χ0n) is 6.77. The molecule has 2 fully saturated rings. The van der Waals surface area contributed by atoms with E-state index < -0.39 is 0 Å². The van der Waals surface area contributed by atoms with Gasteiger partial charge in [-0.3, -0.25) is 0 Å². The van der Waals surface area contributed by atoms with E-state index in [1.165, 1.54) is 24.8 Å². The third-order valence-corrected chi connectivity index (χ3v) is 3.24. The van der Waals surface area contributed by atoms with E-state index in [0.717, 1.165) is 17.8 Å². The highest BCUT2D eigenvalue weighted by Crippen LogP contribution is 2.61. The maximum atomic E-state index is 4.05. The van der Waals surface area contributed by atoms with Crippen LogP contribution >= 0.6 is 0 Å². The van der Waals surface area contributed by atoms with Crippen LogP contribution in [0.1, 0.15) is 32.6 Å². The Morgan fingerprint density at radius 1 is 1.50 bits per heavy atom. The van der Waals surface area contributed by atoms with Gasteiger partial charge < -0.3 is 0 Å². The predicted molar refractivity (Wildman–Crippen MR) is 43.8 cm³/mol. The summed E-state index contributed by atoms with van der Waals surface area (Å²) in [5, 5.41) is 0. The second-order valence-electron chi connectivity index (χ2n) is 3.96. The number of hydrogen-bond donors (Lipinski definition) is 0. The smallest absolute Gasteiger partial charge is 0.0292 e. The monoisotopic (exact) mass is 136 g/mol. The Hall–Kier alpha value is -0.260. The van der Waals surface area contributed by atoms with Gasteiger partial charge in [0.1, 0.15) is 0 Å². The van der Waals surface area contributed by atoms with Crippen molar-refractivity contribution in [2.24, 2.45) is 17.8 Å². The molecule has 0 aromatic carbocycles. The van der Waals surface area contributed by atoms with E-state index >= 15 is 0 Å². The van der Waals surface area contributed by atoms with Gasteiger partial charge in [-0.25, -0.2) is 0 Å². The molecule has 0 aromatic heterocycles. The molecule has 2 saturated carbocycles. The SMILES string of the molecule is C=C(CC)CC1CC2CC12. The van der Waals surface area contributed by atoms with E-state index in [1.807, 2.05) is 0 Å². The molecule has 3 atom stereocenters. The molecule has 0 radical (unpaired) electrons.